The molecule has 4 rings (SSSR count). The third-order valence-electron chi connectivity index (χ3n) is 5.33. The van der Waals surface area contributed by atoms with E-state index in [0.29, 0.717) is 6.61 Å². The van der Waals surface area contributed by atoms with Crippen LogP contribution >= 0.6 is 11.3 Å². The summed E-state index contributed by atoms with van der Waals surface area (Å²) in [6.45, 7) is 6.39. The Hall–Kier alpha value is -2.74. The number of anilines is 1. The molecule has 162 valence electrons. The monoisotopic (exact) mass is 435 g/mol. The van der Waals surface area contributed by atoms with E-state index in [1.165, 1.54) is 11.3 Å². The average molecular weight is 436 g/mol. The molecule has 0 amide bonds. The Bertz CT molecular complexity index is 967. The third-order valence-corrected chi connectivity index (χ3v) is 6.08. The first-order valence-corrected chi connectivity index (χ1v) is 11.6. The number of rotatable bonds is 9. The second-order valence-electron chi connectivity index (χ2n) is 7.66. The molecule has 0 saturated carbocycles. The molecule has 7 heteroatoms. The standard InChI is InChI=1S/C24H29N5OS/c1-28-13-15-29(16-14-28)12-7-17-30-23-11-6-5-10-21(23)18-25-27-24-26-22(19-31-24)20-8-3-2-4-9-20/h2-6,8-11,18-19H,7,12-17H2,1H3,(H,26,27). The van der Waals surface area contributed by atoms with E-state index in [4.69, 9.17) is 4.74 Å². The van der Waals surface area contributed by atoms with E-state index in [1.807, 2.05) is 47.8 Å². The number of nitrogens with zero attached hydrogens (tertiary/aromatic N) is 4. The van der Waals surface area contributed by atoms with Gasteiger partial charge in [0.2, 0.25) is 5.13 Å². The number of nitrogens with one attached hydrogen (secondary N) is 1. The summed E-state index contributed by atoms with van der Waals surface area (Å²) in [7, 11) is 2.19. The summed E-state index contributed by atoms with van der Waals surface area (Å²) in [4.78, 5) is 9.49. The first kappa shape index (κ1) is 21.5. The van der Waals surface area contributed by atoms with E-state index in [9.17, 15) is 0 Å². The molecule has 0 atom stereocenters. The Morgan fingerprint density at radius 3 is 2.68 bits per heavy atom. The Morgan fingerprint density at radius 2 is 1.84 bits per heavy atom. The van der Waals surface area contributed by atoms with Gasteiger partial charge >= 0.3 is 0 Å². The molecule has 6 nitrogen and oxygen atoms in total. The Balaban J connectivity index is 1.26. The summed E-state index contributed by atoms with van der Waals surface area (Å²) >= 11 is 1.54. The minimum absolute atomic E-state index is 0.706. The second kappa shape index (κ2) is 11.0. The van der Waals surface area contributed by atoms with Crippen molar-refractivity contribution in [2.24, 2.45) is 5.10 Å². The number of benzene rings is 2. The van der Waals surface area contributed by atoms with Gasteiger partial charge < -0.3 is 14.5 Å². The van der Waals surface area contributed by atoms with Crippen molar-refractivity contribution in [2.45, 2.75) is 6.42 Å². The van der Waals surface area contributed by atoms with E-state index < -0.39 is 0 Å². The molecule has 1 aromatic heterocycles. The highest BCUT2D eigenvalue weighted by Crippen LogP contribution is 2.24. The maximum atomic E-state index is 6.04. The lowest BCUT2D eigenvalue weighted by Crippen LogP contribution is -2.44. The van der Waals surface area contributed by atoms with Crippen molar-refractivity contribution < 1.29 is 4.74 Å². The lowest BCUT2D eigenvalue weighted by Gasteiger charge is -2.32. The average Bonchev–Trinajstić information content (AvgIpc) is 3.28. The molecule has 1 aliphatic rings. The zero-order valence-corrected chi connectivity index (χ0v) is 18.7. The molecule has 1 N–H and O–H groups in total. The smallest absolute Gasteiger partial charge is 0.203 e. The highest BCUT2D eigenvalue weighted by molar-refractivity contribution is 7.14. The maximum Gasteiger partial charge on any atom is 0.203 e. The van der Waals surface area contributed by atoms with Crippen LogP contribution in [0.5, 0.6) is 5.75 Å². The van der Waals surface area contributed by atoms with Crippen molar-refractivity contribution in [3.8, 4) is 17.0 Å². The molecule has 31 heavy (non-hydrogen) atoms. The van der Waals surface area contributed by atoms with Crippen molar-refractivity contribution >= 4 is 22.7 Å². The normalized spacial score (nSPS) is 15.4. The largest absolute Gasteiger partial charge is 0.493 e. The fourth-order valence-electron chi connectivity index (χ4n) is 3.48. The molecular formula is C24H29N5OS. The minimum atomic E-state index is 0.706. The molecule has 1 fully saturated rings. The van der Waals surface area contributed by atoms with Gasteiger partial charge in [0.05, 0.1) is 18.5 Å². The number of hydrazone groups is 1. The van der Waals surface area contributed by atoms with E-state index in [0.717, 1.165) is 66.8 Å². The maximum absolute atomic E-state index is 6.04. The fourth-order valence-corrected chi connectivity index (χ4v) is 4.15. The molecule has 0 aliphatic carbocycles. The lowest BCUT2D eigenvalue weighted by atomic mass is 10.2. The van der Waals surface area contributed by atoms with Gasteiger partial charge in [0.15, 0.2) is 0 Å². The first-order chi connectivity index (χ1) is 15.3. The number of piperazine rings is 1. The Labute approximate surface area is 188 Å². The number of para-hydroxylation sites is 1. The van der Waals surface area contributed by atoms with Gasteiger partial charge in [0.25, 0.3) is 0 Å². The van der Waals surface area contributed by atoms with Crippen molar-refractivity contribution in [3.05, 3.63) is 65.5 Å². The SMILES string of the molecule is CN1CCN(CCCOc2ccccc2C=NNc2nc(-c3ccccc3)cs2)CC1. The number of likely N-dealkylation sites (N-methyl/N-ethyl adjacent to an activating group) is 1. The van der Waals surface area contributed by atoms with Crippen LogP contribution in [-0.2, 0) is 0 Å². The molecule has 1 aliphatic heterocycles. The van der Waals surface area contributed by atoms with Gasteiger partial charge in [-0.3, -0.25) is 5.43 Å². The second-order valence-corrected chi connectivity index (χ2v) is 8.52. The van der Waals surface area contributed by atoms with Crippen molar-refractivity contribution in [1.29, 1.82) is 0 Å². The van der Waals surface area contributed by atoms with E-state index in [1.54, 1.807) is 6.21 Å². The van der Waals surface area contributed by atoms with Crippen LogP contribution < -0.4 is 10.2 Å². The third kappa shape index (κ3) is 6.37. The highest BCUT2D eigenvalue weighted by Gasteiger charge is 2.13. The van der Waals surface area contributed by atoms with Gasteiger partial charge in [-0.2, -0.15) is 5.10 Å². The van der Waals surface area contributed by atoms with Crippen LogP contribution in [0.2, 0.25) is 0 Å². The number of hydrogen-bond donors (Lipinski definition) is 1. The predicted molar refractivity (Wildman–Crippen MR) is 129 cm³/mol. The molecule has 2 heterocycles. The quantitative estimate of drug-likeness (QED) is 0.309. The number of hydrogen-bond acceptors (Lipinski definition) is 7. The van der Waals surface area contributed by atoms with Gasteiger partial charge in [-0.05, 0) is 25.6 Å². The Morgan fingerprint density at radius 1 is 1.06 bits per heavy atom. The summed E-state index contributed by atoms with van der Waals surface area (Å²) in [5, 5.41) is 7.17. The number of aromatic nitrogens is 1. The topological polar surface area (TPSA) is 53.0 Å². The van der Waals surface area contributed by atoms with E-state index in [2.05, 4.69) is 44.5 Å². The van der Waals surface area contributed by atoms with Crippen molar-refractivity contribution in [3.63, 3.8) is 0 Å². The lowest BCUT2D eigenvalue weighted by molar-refractivity contribution is 0.145. The van der Waals surface area contributed by atoms with Gasteiger partial charge in [-0.1, -0.05) is 42.5 Å². The van der Waals surface area contributed by atoms with Crippen LogP contribution in [0.4, 0.5) is 5.13 Å². The van der Waals surface area contributed by atoms with Crippen LogP contribution in [0.15, 0.2) is 65.1 Å². The van der Waals surface area contributed by atoms with Gasteiger partial charge in [0.1, 0.15) is 5.75 Å². The number of ether oxygens (including phenoxy) is 1. The molecular weight excluding hydrogens is 406 g/mol. The van der Waals surface area contributed by atoms with Crippen LogP contribution in [0.1, 0.15) is 12.0 Å². The highest BCUT2D eigenvalue weighted by atomic mass is 32.1. The minimum Gasteiger partial charge on any atom is -0.493 e. The molecule has 0 bridgehead atoms. The van der Waals surface area contributed by atoms with Crippen molar-refractivity contribution in [1.82, 2.24) is 14.8 Å². The predicted octanol–water partition coefficient (Wildman–Crippen LogP) is 4.27. The summed E-state index contributed by atoms with van der Waals surface area (Å²) in [6, 6.07) is 18.1. The molecule has 0 radical (unpaired) electrons. The summed E-state index contributed by atoms with van der Waals surface area (Å²) < 4.78 is 6.04. The van der Waals surface area contributed by atoms with Gasteiger partial charge in [-0.25, -0.2) is 4.98 Å². The van der Waals surface area contributed by atoms with Crippen LogP contribution in [0.25, 0.3) is 11.3 Å². The van der Waals surface area contributed by atoms with E-state index >= 15 is 0 Å². The molecule has 1 saturated heterocycles. The first-order valence-electron chi connectivity index (χ1n) is 10.7. The zero-order chi connectivity index (χ0) is 21.3. The van der Waals surface area contributed by atoms with Crippen molar-refractivity contribution in [2.75, 3.05) is 51.8 Å². The molecule has 0 spiro atoms. The Kier molecular flexibility index (Phi) is 7.65. The van der Waals surface area contributed by atoms with Crippen LogP contribution in [0.3, 0.4) is 0 Å². The summed E-state index contributed by atoms with van der Waals surface area (Å²) in [5.74, 6) is 0.857. The fraction of sp³-hybridized carbons (Fsp3) is 0.333. The van der Waals surface area contributed by atoms with Crippen LogP contribution in [-0.4, -0.2) is 67.4 Å². The molecule has 0 unspecified atom stereocenters. The zero-order valence-electron chi connectivity index (χ0n) is 17.9. The summed E-state index contributed by atoms with van der Waals surface area (Å²) in [6.07, 6.45) is 2.81. The van der Waals surface area contributed by atoms with E-state index in [-0.39, 0.29) is 0 Å². The number of thiazole rings is 1. The molecule has 2 aromatic carbocycles. The summed E-state index contributed by atoms with van der Waals surface area (Å²) in [5.41, 5.74) is 6.04. The van der Waals surface area contributed by atoms with Gasteiger partial charge in [-0.15, -0.1) is 11.3 Å². The van der Waals surface area contributed by atoms with Crippen LogP contribution in [0, 0.1) is 0 Å². The van der Waals surface area contributed by atoms with Gasteiger partial charge in [0, 0.05) is 49.2 Å². The molecule has 3 aromatic rings.